The van der Waals surface area contributed by atoms with Crippen LogP contribution in [0.2, 0.25) is 0 Å². The Balaban J connectivity index is 1.39. The molecule has 3 fully saturated rings. The first kappa shape index (κ1) is 18.5. The summed E-state index contributed by atoms with van der Waals surface area (Å²) in [6.07, 6.45) is 4.77. The molecule has 0 aliphatic carbocycles. The van der Waals surface area contributed by atoms with E-state index in [0.717, 1.165) is 64.0 Å². The summed E-state index contributed by atoms with van der Waals surface area (Å²) in [5, 5.41) is 0. The van der Waals surface area contributed by atoms with E-state index in [4.69, 9.17) is 0 Å². The van der Waals surface area contributed by atoms with Crippen molar-refractivity contribution in [1.82, 2.24) is 14.7 Å². The zero-order valence-corrected chi connectivity index (χ0v) is 16.6. The first-order chi connectivity index (χ1) is 13.0. The molecule has 1 aromatic carbocycles. The highest BCUT2D eigenvalue weighted by Crippen LogP contribution is 2.41. The minimum absolute atomic E-state index is 0.144. The Morgan fingerprint density at radius 3 is 2.41 bits per heavy atom. The van der Waals surface area contributed by atoms with Crippen LogP contribution in [0.15, 0.2) is 24.3 Å². The average Bonchev–Trinajstić information content (AvgIpc) is 3.11. The van der Waals surface area contributed by atoms with Crippen molar-refractivity contribution in [1.29, 1.82) is 0 Å². The molecular formula is C22H31N3O2. The molecule has 3 heterocycles. The van der Waals surface area contributed by atoms with Crippen LogP contribution in [-0.4, -0.2) is 72.3 Å². The molecule has 0 saturated carbocycles. The summed E-state index contributed by atoms with van der Waals surface area (Å²) in [6.45, 7) is 6.62. The number of nitrogens with zero attached hydrogens (tertiary/aromatic N) is 3. The molecular weight excluding hydrogens is 338 g/mol. The lowest BCUT2D eigenvalue weighted by molar-refractivity contribution is -0.141. The zero-order valence-electron chi connectivity index (χ0n) is 16.6. The molecule has 0 bridgehead atoms. The maximum absolute atomic E-state index is 12.8. The van der Waals surface area contributed by atoms with Crippen LogP contribution in [0.4, 0.5) is 0 Å². The number of piperidine rings is 2. The summed E-state index contributed by atoms with van der Waals surface area (Å²) in [4.78, 5) is 31.8. The zero-order chi connectivity index (χ0) is 19.0. The number of amides is 2. The molecule has 3 saturated heterocycles. The Kier molecular flexibility index (Phi) is 4.97. The third-order valence-electron chi connectivity index (χ3n) is 6.91. The van der Waals surface area contributed by atoms with Crippen LogP contribution in [0.3, 0.4) is 0 Å². The smallest absolute Gasteiger partial charge is 0.253 e. The fraction of sp³-hybridized carbons (Fsp3) is 0.636. The van der Waals surface area contributed by atoms with E-state index in [0.29, 0.717) is 18.4 Å². The summed E-state index contributed by atoms with van der Waals surface area (Å²) < 4.78 is 0. The van der Waals surface area contributed by atoms with Gasteiger partial charge in [-0.3, -0.25) is 9.59 Å². The monoisotopic (exact) mass is 369 g/mol. The van der Waals surface area contributed by atoms with E-state index in [1.54, 1.807) is 0 Å². The maximum Gasteiger partial charge on any atom is 0.253 e. The minimum atomic E-state index is 0.144. The van der Waals surface area contributed by atoms with E-state index in [-0.39, 0.29) is 11.3 Å². The second-order valence-corrected chi connectivity index (χ2v) is 8.88. The third kappa shape index (κ3) is 3.75. The van der Waals surface area contributed by atoms with Gasteiger partial charge in [-0.1, -0.05) is 17.7 Å². The summed E-state index contributed by atoms with van der Waals surface area (Å²) in [5.41, 5.74) is 2.17. The number of likely N-dealkylation sites (N-methyl/N-ethyl adjacent to an activating group) is 1. The van der Waals surface area contributed by atoms with Crippen LogP contribution in [0.1, 0.15) is 48.0 Å². The predicted octanol–water partition coefficient (Wildman–Crippen LogP) is 2.54. The van der Waals surface area contributed by atoms with Crippen LogP contribution >= 0.6 is 0 Å². The van der Waals surface area contributed by atoms with Gasteiger partial charge in [0.15, 0.2) is 0 Å². The standard InChI is InChI=1S/C22H31N3O2/c1-17-3-5-18(6-4-17)21(27)24-13-10-22(11-14-24)9-7-20(26)25(16-22)19-8-12-23(2)15-19/h3-6,19H,7-16H2,1-2H3/t19-/m1/s1. The number of carbonyl (C=O) groups is 2. The lowest BCUT2D eigenvalue weighted by atomic mass is 9.72. The number of rotatable bonds is 2. The molecule has 3 aliphatic rings. The van der Waals surface area contributed by atoms with E-state index in [2.05, 4.69) is 16.8 Å². The number of hydrogen-bond acceptors (Lipinski definition) is 3. The molecule has 5 heteroatoms. The van der Waals surface area contributed by atoms with Gasteiger partial charge in [0.25, 0.3) is 5.91 Å². The quantitative estimate of drug-likeness (QED) is 0.805. The second-order valence-electron chi connectivity index (χ2n) is 8.88. The van der Waals surface area contributed by atoms with Crippen LogP contribution in [0, 0.1) is 12.3 Å². The van der Waals surface area contributed by atoms with Gasteiger partial charge in [-0.05, 0) is 63.7 Å². The topological polar surface area (TPSA) is 43.9 Å². The van der Waals surface area contributed by atoms with Gasteiger partial charge in [-0.15, -0.1) is 0 Å². The summed E-state index contributed by atoms with van der Waals surface area (Å²) in [5.74, 6) is 0.477. The van der Waals surface area contributed by atoms with Crippen molar-refractivity contribution in [2.45, 2.75) is 45.1 Å². The third-order valence-corrected chi connectivity index (χ3v) is 6.91. The van der Waals surface area contributed by atoms with Crippen molar-refractivity contribution in [3.05, 3.63) is 35.4 Å². The highest BCUT2D eigenvalue weighted by molar-refractivity contribution is 5.94. The SMILES string of the molecule is Cc1ccc(C(=O)N2CCC3(CCC(=O)N([C@@H]4CCN(C)C4)C3)CC2)cc1. The molecule has 5 nitrogen and oxygen atoms in total. The van der Waals surface area contributed by atoms with Gasteiger partial charge in [0, 0.05) is 44.2 Å². The molecule has 1 spiro atoms. The minimum Gasteiger partial charge on any atom is -0.339 e. The molecule has 146 valence electrons. The molecule has 3 aliphatic heterocycles. The first-order valence-corrected chi connectivity index (χ1v) is 10.3. The Bertz CT molecular complexity index is 707. The van der Waals surface area contributed by atoms with Crippen molar-refractivity contribution in [3.63, 3.8) is 0 Å². The summed E-state index contributed by atoms with van der Waals surface area (Å²) in [6, 6.07) is 8.25. The van der Waals surface area contributed by atoms with Gasteiger partial charge in [0.1, 0.15) is 0 Å². The largest absolute Gasteiger partial charge is 0.339 e. The van der Waals surface area contributed by atoms with Crippen molar-refractivity contribution < 1.29 is 9.59 Å². The second kappa shape index (κ2) is 7.27. The van der Waals surface area contributed by atoms with E-state index >= 15 is 0 Å². The lowest BCUT2D eigenvalue weighted by Crippen LogP contribution is -2.55. The molecule has 0 radical (unpaired) electrons. The van der Waals surface area contributed by atoms with Crippen molar-refractivity contribution >= 4 is 11.8 Å². The van der Waals surface area contributed by atoms with Gasteiger partial charge < -0.3 is 14.7 Å². The van der Waals surface area contributed by atoms with E-state index in [1.165, 1.54) is 5.56 Å². The fourth-order valence-corrected chi connectivity index (χ4v) is 5.01. The molecule has 0 aromatic heterocycles. The van der Waals surface area contributed by atoms with Gasteiger partial charge in [0.05, 0.1) is 0 Å². The Hall–Kier alpha value is -1.88. The highest BCUT2D eigenvalue weighted by atomic mass is 16.2. The van der Waals surface area contributed by atoms with Crippen molar-refractivity contribution in [3.8, 4) is 0 Å². The van der Waals surface area contributed by atoms with E-state index < -0.39 is 0 Å². The van der Waals surface area contributed by atoms with Gasteiger partial charge in [0.2, 0.25) is 5.91 Å². The normalized spacial score (nSPS) is 26.0. The predicted molar refractivity (Wildman–Crippen MR) is 106 cm³/mol. The van der Waals surface area contributed by atoms with Crippen LogP contribution < -0.4 is 0 Å². The average molecular weight is 370 g/mol. The van der Waals surface area contributed by atoms with Gasteiger partial charge in [-0.2, -0.15) is 0 Å². The molecule has 1 atom stereocenters. The number of carbonyl (C=O) groups excluding carboxylic acids is 2. The maximum atomic E-state index is 12.8. The molecule has 0 N–H and O–H groups in total. The van der Waals surface area contributed by atoms with Gasteiger partial charge in [-0.25, -0.2) is 0 Å². The number of benzene rings is 1. The molecule has 2 amide bonds. The van der Waals surface area contributed by atoms with E-state index in [9.17, 15) is 9.59 Å². The lowest BCUT2D eigenvalue weighted by Gasteiger charge is -2.49. The fourth-order valence-electron chi connectivity index (χ4n) is 5.01. The van der Waals surface area contributed by atoms with Crippen LogP contribution in [0.25, 0.3) is 0 Å². The summed E-state index contributed by atoms with van der Waals surface area (Å²) >= 11 is 0. The summed E-state index contributed by atoms with van der Waals surface area (Å²) in [7, 11) is 2.14. The molecule has 1 aromatic rings. The van der Waals surface area contributed by atoms with Gasteiger partial charge >= 0.3 is 0 Å². The highest BCUT2D eigenvalue weighted by Gasteiger charge is 2.44. The van der Waals surface area contributed by atoms with E-state index in [1.807, 2.05) is 36.1 Å². The van der Waals surface area contributed by atoms with Crippen molar-refractivity contribution in [2.75, 3.05) is 39.8 Å². The van der Waals surface area contributed by atoms with Crippen LogP contribution in [0.5, 0.6) is 0 Å². The molecule has 0 unspecified atom stereocenters. The van der Waals surface area contributed by atoms with Crippen molar-refractivity contribution in [2.24, 2.45) is 5.41 Å². The number of likely N-dealkylation sites (tertiary alicyclic amines) is 3. The molecule has 4 rings (SSSR count). The Labute approximate surface area is 162 Å². The Morgan fingerprint density at radius 2 is 1.78 bits per heavy atom. The Morgan fingerprint density at radius 1 is 1.07 bits per heavy atom. The first-order valence-electron chi connectivity index (χ1n) is 10.3. The number of hydrogen-bond donors (Lipinski definition) is 0. The number of aryl methyl sites for hydroxylation is 1. The van der Waals surface area contributed by atoms with Crippen LogP contribution in [-0.2, 0) is 4.79 Å². The molecule has 27 heavy (non-hydrogen) atoms.